The average molecular weight is 380 g/mol. The van der Waals surface area contributed by atoms with Crippen LogP contribution in [0, 0.1) is 5.82 Å². The molecule has 1 aromatic carbocycles. The monoisotopic (exact) mass is 380 g/mol. The van der Waals surface area contributed by atoms with Crippen LogP contribution in [0.2, 0.25) is 0 Å². The van der Waals surface area contributed by atoms with Gasteiger partial charge in [0.15, 0.2) is 11.5 Å². The van der Waals surface area contributed by atoms with E-state index in [0.29, 0.717) is 28.5 Å². The fraction of sp³-hybridized carbons (Fsp3) is 0.0588. The van der Waals surface area contributed by atoms with Crippen molar-refractivity contribution in [3.05, 3.63) is 54.2 Å². The van der Waals surface area contributed by atoms with Crippen LogP contribution in [0.15, 0.2) is 42.9 Å². The Bertz CT molecular complexity index is 1180. The zero-order valence-corrected chi connectivity index (χ0v) is 14.5. The Morgan fingerprint density at radius 3 is 2.79 bits per heavy atom. The lowest BCUT2D eigenvalue weighted by Crippen LogP contribution is -2.01. The summed E-state index contributed by atoms with van der Waals surface area (Å²) < 4.78 is 15.6. The molecule has 4 aromatic rings. The molecule has 0 aliphatic heterocycles. The molecule has 0 unspecified atom stereocenters. The number of fused-ring (bicyclic) bond motifs is 1. The van der Waals surface area contributed by atoms with E-state index < -0.39 is 11.8 Å². The average Bonchev–Trinajstić information content (AvgIpc) is 2.99. The van der Waals surface area contributed by atoms with E-state index in [0.717, 1.165) is 6.07 Å². The molecule has 0 amide bonds. The number of aryl methyl sites for hydroxylation is 1. The summed E-state index contributed by atoms with van der Waals surface area (Å²) in [6, 6.07) is 5.19. The molecule has 0 atom stereocenters. The molecule has 11 heteroatoms. The first-order valence-corrected chi connectivity index (χ1v) is 8.04. The van der Waals surface area contributed by atoms with Crippen molar-refractivity contribution in [3.8, 4) is 0 Å². The number of aromatic nitrogens is 6. The maximum absolute atomic E-state index is 14.1. The molecule has 3 heterocycles. The molecule has 0 spiro atoms. The normalized spacial score (nSPS) is 10.8. The number of rotatable bonds is 5. The number of nitrogens with one attached hydrogen (secondary N) is 2. The second-order valence-electron chi connectivity index (χ2n) is 5.78. The Kier molecular flexibility index (Phi) is 4.24. The number of carbonyl (C=O) groups is 1. The van der Waals surface area contributed by atoms with Gasteiger partial charge < -0.3 is 15.7 Å². The summed E-state index contributed by atoms with van der Waals surface area (Å²) in [5, 5.41) is 27.2. The van der Waals surface area contributed by atoms with Gasteiger partial charge in [0.2, 0.25) is 5.95 Å². The highest BCUT2D eigenvalue weighted by atomic mass is 19.1. The zero-order chi connectivity index (χ0) is 19.7. The Balaban J connectivity index is 1.68. The maximum atomic E-state index is 14.1. The smallest absolute Gasteiger partial charge is 0.335 e. The number of aromatic carboxylic acids is 1. The number of hydrogen-bond donors (Lipinski definition) is 3. The molecule has 0 aliphatic rings. The van der Waals surface area contributed by atoms with Crippen molar-refractivity contribution in [3.63, 3.8) is 0 Å². The van der Waals surface area contributed by atoms with Crippen molar-refractivity contribution in [1.82, 2.24) is 29.9 Å². The Morgan fingerprint density at radius 1 is 1.18 bits per heavy atom. The van der Waals surface area contributed by atoms with Crippen LogP contribution in [0.25, 0.3) is 11.0 Å². The summed E-state index contributed by atoms with van der Waals surface area (Å²) in [6.07, 6.45) is 4.60. The molecule has 0 bridgehead atoms. The molecule has 0 aliphatic carbocycles. The summed E-state index contributed by atoms with van der Waals surface area (Å²) in [4.78, 5) is 19.8. The Hall–Kier alpha value is -4.15. The van der Waals surface area contributed by atoms with Gasteiger partial charge in [0.05, 0.1) is 34.7 Å². The minimum absolute atomic E-state index is 0.00929. The SMILES string of the molecule is Cn1nc(Nc2cc(C(=O)O)ccc2F)c2cnc(Nc3ccnnc3)nc21. The number of carboxylic acid groups (broad SMARTS) is 1. The number of anilines is 4. The van der Waals surface area contributed by atoms with Gasteiger partial charge in [-0.05, 0) is 24.3 Å². The van der Waals surface area contributed by atoms with E-state index in [9.17, 15) is 9.18 Å². The quantitative estimate of drug-likeness (QED) is 0.478. The second kappa shape index (κ2) is 6.87. The molecule has 3 N–H and O–H groups in total. The van der Waals surface area contributed by atoms with Crippen molar-refractivity contribution < 1.29 is 14.3 Å². The highest BCUT2D eigenvalue weighted by molar-refractivity contribution is 5.92. The first-order chi connectivity index (χ1) is 13.5. The van der Waals surface area contributed by atoms with E-state index in [4.69, 9.17) is 5.11 Å². The Labute approximate surface area is 157 Å². The fourth-order valence-electron chi connectivity index (χ4n) is 2.57. The molecule has 0 radical (unpaired) electrons. The van der Waals surface area contributed by atoms with Crippen molar-refractivity contribution >= 4 is 40.1 Å². The van der Waals surface area contributed by atoms with Gasteiger partial charge in [-0.15, -0.1) is 0 Å². The Morgan fingerprint density at radius 2 is 2.04 bits per heavy atom. The molecule has 3 aromatic heterocycles. The minimum Gasteiger partial charge on any atom is -0.478 e. The zero-order valence-electron chi connectivity index (χ0n) is 14.5. The van der Waals surface area contributed by atoms with Crippen LogP contribution in [0.3, 0.4) is 0 Å². The van der Waals surface area contributed by atoms with Gasteiger partial charge in [0.1, 0.15) is 5.82 Å². The first kappa shape index (κ1) is 17.3. The van der Waals surface area contributed by atoms with Gasteiger partial charge in [-0.1, -0.05) is 0 Å². The van der Waals surface area contributed by atoms with Gasteiger partial charge in [-0.2, -0.15) is 20.3 Å². The molecule has 140 valence electrons. The predicted molar refractivity (Wildman–Crippen MR) is 98.3 cm³/mol. The molecule has 4 rings (SSSR count). The van der Waals surface area contributed by atoms with E-state index in [2.05, 4.69) is 35.9 Å². The molecule has 0 fully saturated rings. The summed E-state index contributed by atoms with van der Waals surface area (Å²) in [5.74, 6) is -1.13. The molecule has 0 saturated heterocycles. The summed E-state index contributed by atoms with van der Waals surface area (Å²) in [5.41, 5.74) is 1.11. The third-order valence-electron chi connectivity index (χ3n) is 3.89. The topological polar surface area (TPSA) is 131 Å². The highest BCUT2D eigenvalue weighted by Gasteiger charge is 2.15. The van der Waals surface area contributed by atoms with Crippen LogP contribution in [-0.4, -0.2) is 41.0 Å². The number of nitrogens with zero attached hydrogens (tertiary/aromatic N) is 6. The van der Waals surface area contributed by atoms with Crippen molar-refractivity contribution in [1.29, 1.82) is 0 Å². The number of halogens is 1. The maximum Gasteiger partial charge on any atom is 0.335 e. The first-order valence-electron chi connectivity index (χ1n) is 8.04. The predicted octanol–water partition coefficient (Wildman–Crippen LogP) is 2.48. The fourth-order valence-corrected chi connectivity index (χ4v) is 2.57. The standard InChI is InChI=1S/C17H13FN8O2/c1-26-15-11(8-19-17(24-15)22-10-4-5-20-21-7-10)14(25-26)23-13-6-9(16(27)28)2-3-12(13)18/h2-8H,1H3,(H,23,25)(H,27,28)(H,19,20,22,24). The van der Waals surface area contributed by atoms with Crippen LogP contribution in [0.4, 0.5) is 27.5 Å². The lowest BCUT2D eigenvalue weighted by atomic mass is 10.2. The molecular weight excluding hydrogens is 367 g/mol. The minimum atomic E-state index is -1.15. The molecule has 28 heavy (non-hydrogen) atoms. The van der Waals surface area contributed by atoms with Crippen LogP contribution >= 0.6 is 0 Å². The summed E-state index contributed by atoms with van der Waals surface area (Å²) in [7, 11) is 1.68. The molecule has 0 saturated carbocycles. The van der Waals surface area contributed by atoms with Gasteiger partial charge in [-0.25, -0.2) is 18.9 Å². The lowest BCUT2D eigenvalue weighted by Gasteiger charge is -2.06. The van der Waals surface area contributed by atoms with Crippen LogP contribution in [-0.2, 0) is 7.05 Å². The van der Waals surface area contributed by atoms with E-state index in [1.54, 1.807) is 13.1 Å². The third kappa shape index (κ3) is 3.28. The molecule has 10 nitrogen and oxygen atoms in total. The number of carboxylic acids is 1. The van der Waals surface area contributed by atoms with Crippen molar-refractivity contribution in [2.75, 3.05) is 10.6 Å². The summed E-state index contributed by atoms with van der Waals surface area (Å²) in [6.45, 7) is 0. The van der Waals surface area contributed by atoms with E-state index in [1.165, 1.54) is 35.4 Å². The largest absolute Gasteiger partial charge is 0.478 e. The summed E-state index contributed by atoms with van der Waals surface area (Å²) >= 11 is 0. The second-order valence-corrected chi connectivity index (χ2v) is 5.78. The van der Waals surface area contributed by atoms with E-state index >= 15 is 0 Å². The highest BCUT2D eigenvalue weighted by Crippen LogP contribution is 2.27. The lowest BCUT2D eigenvalue weighted by molar-refractivity contribution is 0.0697. The van der Waals surface area contributed by atoms with Gasteiger partial charge in [0, 0.05) is 13.2 Å². The van der Waals surface area contributed by atoms with Crippen LogP contribution in [0.1, 0.15) is 10.4 Å². The van der Waals surface area contributed by atoms with E-state index in [-0.39, 0.29) is 11.3 Å². The van der Waals surface area contributed by atoms with Crippen LogP contribution in [0.5, 0.6) is 0 Å². The van der Waals surface area contributed by atoms with Crippen molar-refractivity contribution in [2.24, 2.45) is 7.05 Å². The van der Waals surface area contributed by atoms with Gasteiger partial charge >= 0.3 is 5.97 Å². The number of hydrogen-bond acceptors (Lipinski definition) is 8. The van der Waals surface area contributed by atoms with Gasteiger partial charge in [0.25, 0.3) is 0 Å². The third-order valence-corrected chi connectivity index (χ3v) is 3.89. The molecular formula is C17H13FN8O2. The van der Waals surface area contributed by atoms with Gasteiger partial charge in [-0.3, -0.25) is 0 Å². The van der Waals surface area contributed by atoms with Crippen molar-refractivity contribution in [2.45, 2.75) is 0 Å². The number of benzene rings is 1. The van der Waals surface area contributed by atoms with E-state index in [1.807, 2.05) is 0 Å². The van der Waals surface area contributed by atoms with Crippen LogP contribution < -0.4 is 10.6 Å².